The number of alkyl halides is 3. The first kappa shape index (κ1) is 19.3. The number of halogens is 3. The van der Waals surface area contributed by atoms with Crippen LogP contribution in [0.4, 0.5) is 13.2 Å². The van der Waals surface area contributed by atoms with E-state index in [2.05, 4.69) is 10.1 Å². The van der Waals surface area contributed by atoms with E-state index in [1.807, 2.05) is 0 Å². The summed E-state index contributed by atoms with van der Waals surface area (Å²) >= 11 is 1.30. The number of fused-ring (bicyclic) bond motifs is 1. The standard InChI is InChI=1S/C17H17F3N4O2S2/c1-2-28(25,26)23-7-3-5-13(23)11-10-16-21-12(14-6-4-8-27-14)9-15(17(18,19)20)24(16)22-11/h4,6,8-10,13H,2-3,5,7H2,1H3/t13-/m1/s1. The maximum absolute atomic E-state index is 13.7. The van der Waals surface area contributed by atoms with Gasteiger partial charge in [0.15, 0.2) is 11.3 Å². The molecule has 4 rings (SSSR count). The van der Waals surface area contributed by atoms with E-state index >= 15 is 0 Å². The van der Waals surface area contributed by atoms with Gasteiger partial charge in [-0.15, -0.1) is 11.3 Å². The molecular weight excluding hydrogens is 413 g/mol. The zero-order valence-corrected chi connectivity index (χ0v) is 16.5. The molecule has 3 aromatic heterocycles. The lowest BCUT2D eigenvalue weighted by atomic mass is 10.2. The third-order valence-corrected chi connectivity index (χ3v) is 7.55. The number of thiophene rings is 1. The Labute approximate surface area is 163 Å². The minimum atomic E-state index is -4.62. The highest BCUT2D eigenvalue weighted by Crippen LogP contribution is 2.37. The Balaban J connectivity index is 1.87. The largest absolute Gasteiger partial charge is 0.433 e. The summed E-state index contributed by atoms with van der Waals surface area (Å²) in [5.41, 5.74) is -0.384. The van der Waals surface area contributed by atoms with Crippen molar-refractivity contribution in [3.8, 4) is 10.6 Å². The van der Waals surface area contributed by atoms with Gasteiger partial charge in [0.25, 0.3) is 0 Å². The summed E-state index contributed by atoms with van der Waals surface area (Å²) in [6, 6.07) is 5.31. The smallest absolute Gasteiger partial charge is 0.228 e. The second-order valence-corrected chi connectivity index (χ2v) is 9.67. The van der Waals surface area contributed by atoms with E-state index < -0.39 is 27.9 Å². The van der Waals surface area contributed by atoms with Crippen LogP contribution in [0.3, 0.4) is 0 Å². The first-order valence-corrected chi connectivity index (χ1v) is 11.2. The summed E-state index contributed by atoms with van der Waals surface area (Å²) in [7, 11) is -3.47. The fourth-order valence-corrected chi connectivity index (χ4v) is 5.47. The zero-order chi connectivity index (χ0) is 20.1. The van der Waals surface area contributed by atoms with Gasteiger partial charge in [-0.05, 0) is 37.3 Å². The Morgan fingerprint density at radius 2 is 2.11 bits per heavy atom. The summed E-state index contributed by atoms with van der Waals surface area (Å²) in [4.78, 5) is 4.95. The molecule has 0 unspecified atom stereocenters. The Bertz CT molecular complexity index is 1110. The second-order valence-electron chi connectivity index (χ2n) is 6.51. The van der Waals surface area contributed by atoms with E-state index in [0.717, 1.165) is 10.6 Å². The molecule has 6 nitrogen and oxygen atoms in total. The molecule has 0 bridgehead atoms. The molecule has 0 spiro atoms. The Morgan fingerprint density at radius 3 is 2.75 bits per heavy atom. The molecular formula is C17H17F3N4O2S2. The van der Waals surface area contributed by atoms with Crippen molar-refractivity contribution in [1.82, 2.24) is 18.9 Å². The fourth-order valence-electron chi connectivity index (χ4n) is 3.44. The van der Waals surface area contributed by atoms with Gasteiger partial charge in [0, 0.05) is 12.6 Å². The van der Waals surface area contributed by atoms with Crippen molar-refractivity contribution in [3.63, 3.8) is 0 Å². The highest BCUT2D eigenvalue weighted by atomic mass is 32.2. The van der Waals surface area contributed by atoms with Crippen molar-refractivity contribution in [2.45, 2.75) is 32.0 Å². The second kappa shape index (κ2) is 6.82. The van der Waals surface area contributed by atoms with E-state index in [1.165, 1.54) is 21.7 Å². The molecule has 4 heterocycles. The Kier molecular flexibility index (Phi) is 4.71. The van der Waals surface area contributed by atoms with E-state index in [9.17, 15) is 21.6 Å². The van der Waals surface area contributed by atoms with Crippen molar-refractivity contribution in [3.05, 3.63) is 41.0 Å². The summed E-state index contributed by atoms with van der Waals surface area (Å²) in [5.74, 6) is -0.0640. The summed E-state index contributed by atoms with van der Waals surface area (Å²) in [6.07, 6.45) is -3.47. The molecule has 0 amide bonds. The number of sulfonamides is 1. The quantitative estimate of drug-likeness (QED) is 0.628. The minimum absolute atomic E-state index is 0.0500. The van der Waals surface area contributed by atoms with Crippen molar-refractivity contribution in [1.29, 1.82) is 0 Å². The van der Waals surface area contributed by atoms with E-state index in [-0.39, 0.29) is 22.8 Å². The van der Waals surface area contributed by atoms with Crippen LogP contribution >= 0.6 is 11.3 Å². The lowest BCUT2D eigenvalue weighted by Crippen LogP contribution is -2.32. The topological polar surface area (TPSA) is 67.6 Å². The highest BCUT2D eigenvalue weighted by molar-refractivity contribution is 7.89. The number of hydrogen-bond acceptors (Lipinski definition) is 5. The van der Waals surface area contributed by atoms with Gasteiger partial charge in [-0.3, -0.25) is 0 Å². The average Bonchev–Trinajstić information content (AvgIpc) is 3.38. The van der Waals surface area contributed by atoms with E-state index in [0.29, 0.717) is 24.3 Å². The maximum atomic E-state index is 13.7. The zero-order valence-electron chi connectivity index (χ0n) is 14.8. The highest BCUT2D eigenvalue weighted by Gasteiger charge is 2.38. The predicted octanol–water partition coefficient (Wildman–Crippen LogP) is 3.96. The van der Waals surface area contributed by atoms with Crippen LogP contribution in [0.1, 0.15) is 37.2 Å². The summed E-state index contributed by atoms with van der Waals surface area (Å²) in [5, 5.41) is 5.88. The molecule has 150 valence electrons. The fraction of sp³-hybridized carbons (Fsp3) is 0.412. The van der Waals surface area contributed by atoms with Crippen LogP contribution in [0.25, 0.3) is 16.2 Å². The lowest BCUT2D eigenvalue weighted by molar-refractivity contribution is -0.142. The summed E-state index contributed by atoms with van der Waals surface area (Å²) in [6.45, 7) is 1.89. The maximum Gasteiger partial charge on any atom is 0.433 e. The molecule has 3 aromatic rings. The molecule has 28 heavy (non-hydrogen) atoms. The SMILES string of the molecule is CCS(=O)(=O)N1CCC[C@@H]1c1cc2nc(-c3cccs3)cc(C(F)(F)F)n2n1. The van der Waals surface area contributed by atoms with Gasteiger partial charge in [-0.2, -0.15) is 22.6 Å². The molecule has 1 aliphatic heterocycles. The van der Waals surface area contributed by atoms with Crippen LogP contribution in [0.15, 0.2) is 29.6 Å². The first-order valence-electron chi connectivity index (χ1n) is 8.72. The number of rotatable bonds is 4. The van der Waals surface area contributed by atoms with Crippen molar-refractivity contribution >= 4 is 27.0 Å². The molecule has 1 aliphatic rings. The van der Waals surface area contributed by atoms with Crippen LogP contribution < -0.4 is 0 Å². The van der Waals surface area contributed by atoms with Gasteiger partial charge in [-0.25, -0.2) is 17.9 Å². The third kappa shape index (κ3) is 3.31. The average molecular weight is 430 g/mol. The van der Waals surface area contributed by atoms with Crippen LogP contribution in [-0.2, 0) is 16.2 Å². The normalized spacial score (nSPS) is 18.9. The summed E-state index contributed by atoms with van der Waals surface area (Å²) < 4.78 is 67.7. The van der Waals surface area contributed by atoms with Gasteiger partial charge in [0.05, 0.1) is 28.1 Å². The van der Waals surface area contributed by atoms with E-state index in [1.54, 1.807) is 24.4 Å². The number of nitrogens with zero attached hydrogens (tertiary/aromatic N) is 4. The minimum Gasteiger partial charge on any atom is -0.228 e. The van der Waals surface area contributed by atoms with Crippen molar-refractivity contribution in [2.24, 2.45) is 0 Å². The lowest BCUT2D eigenvalue weighted by Gasteiger charge is -2.21. The van der Waals surface area contributed by atoms with Crippen molar-refractivity contribution in [2.75, 3.05) is 12.3 Å². The molecule has 0 N–H and O–H groups in total. The van der Waals surface area contributed by atoms with Crippen LogP contribution in [0.5, 0.6) is 0 Å². The van der Waals surface area contributed by atoms with Gasteiger partial charge < -0.3 is 0 Å². The third-order valence-electron chi connectivity index (χ3n) is 4.78. The molecule has 1 saturated heterocycles. The molecule has 1 atom stereocenters. The van der Waals surface area contributed by atoms with E-state index in [4.69, 9.17) is 0 Å². The molecule has 1 fully saturated rings. The van der Waals surface area contributed by atoms with Crippen LogP contribution in [0, 0.1) is 0 Å². The number of hydrogen-bond donors (Lipinski definition) is 0. The van der Waals surface area contributed by atoms with Crippen LogP contribution in [0.2, 0.25) is 0 Å². The van der Waals surface area contributed by atoms with Gasteiger partial charge >= 0.3 is 6.18 Å². The Hall–Kier alpha value is -1.98. The predicted molar refractivity (Wildman–Crippen MR) is 99.4 cm³/mol. The van der Waals surface area contributed by atoms with Gasteiger partial charge in [0.2, 0.25) is 10.0 Å². The first-order chi connectivity index (χ1) is 13.2. The van der Waals surface area contributed by atoms with Crippen LogP contribution in [-0.4, -0.2) is 39.6 Å². The molecule has 0 aliphatic carbocycles. The number of aromatic nitrogens is 3. The molecule has 11 heteroatoms. The van der Waals surface area contributed by atoms with Gasteiger partial charge in [-0.1, -0.05) is 6.07 Å². The molecule has 0 aromatic carbocycles. The monoisotopic (exact) mass is 430 g/mol. The Morgan fingerprint density at radius 1 is 1.32 bits per heavy atom. The molecule has 0 radical (unpaired) electrons. The van der Waals surface area contributed by atoms with Crippen molar-refractivity contribution < 1.29 is 21.6 Å². The molecule has 0 saturated carbocycles. The van der Waals surface area contributed by atoms with Gasteiger partial charge in [0.1, 0.15) is 0 Å².